The van der Waals surface area contributed by atoms with Gasteiger partial charge in [-0.3, -0.25) is 0 Å². The molecule has 1 atom stereocenters. The molecule has 2 nitrogen and oxygen atoms in total. The lowest BCUT2D eigenvalue weighted by atomic mass is 10.1. The topological polar surface area (TPSA) is 33.0 Å². The van der Waals surface area contributed by atoms with Gasteiger partial charge >= 0.3 is 0 Å². The molecular weight excluding hydrogens is 250 g/mol. The molecule has 0 radical (unpaired) electrons. The van der Waals surface area contributed by atoms with E-state index < -0.39 is 13.9 Å². The summed E-state index contributed by atoms with van der Waals surface area (Å²) in [7, 11) is -1.74. The van der Waals surface area contributed by atoms with E-state index in [1.54, 1.807) is 6.92 Å². The smallest absolute Gasteiger partial charge is 0.186 e. The highest BCUT2D eigenvalue weighted by atomic mass is 28.4. The molecule has 1 aromatic carbocycles. The molecule has 0 aliphatic rings. The average Bonchev–Trinajstić information content (AvgIpc) is 2.34. The van der Waals surface area contributed by atoms with E-state index in [0.29, 0.717) is 0 Å². The number of benzene rings is 1. The van der Waals surface area contributed by atoms with Crippen molar-refractivity contribution in [2.45, 2.75) is 32.2 Å². The first-order valence-corrected chi connectivity index (χ1v) is 9.78. The Hall–Kier alpha value is -1.63. The van der Waals surface area contributed by atoms with Gasteiger partial charge in [0, 0.05) is 0 Å². The minimum absolute atomic E-state index is 0.842. The fourth-order valence-corrected chi connectivity index (χ4v) is 3.09. The van der Waals surface area contributed by atoms with Crippen LogP contribution in [0.5, 0.6) is 0 Å². The van der Waals surface area contributed by atoms with Crippen molar-refractivity contribution in [2.24, 2.45) is 0 Å². The van der Waals surface area contributed by atoms with Gasteiger partial charge in [0.1, 0.15) is 6.07 Å². The second-order valence-electron chi connectivity index (χ2n) is 5.56. The highest BCUT2D eigenvalue weighted by Crippen LogP contribution is 2.18. The molecule has 0 aliphatic heterocycles. The zero-order chi connectivity index (χ0) is 14.4. The standard InChI is InChI=1S/C16H21NOSi/c1-16(14-17,18-19(2,3)4)13-9-8-12-15-10-6-5-7-11-15/h5-13H,1-4H3/b12-8+,13-9+/t16-/m0/s1. The third-order valence-electron chi connectivity index (χ3n) is 2.35. The van der Waals surface area contributed by atoms with Crippen molar-refractivity contribution in [1.82, 2.24) is 0 Å². The molecule has 100 valence electrons. The maximum Gasteiger partial charge on any atom is 0.186 e. The third kappa shape index (κ3) is 6.19. The van der Waals surface area contributed by atoms with Crippen LogP contribution in [-0.4, -0.2) is 13.9 Å². The lowest BCUT2D eigenvalue weighted by molar-refractivity contribution is 0.192. The van der Waals surface area contributed by atoms with E-state index in [1.165, 1.54) is 0 Å². The van der Waals surface area contributed by atoms with Gasteiger partial charge in [0.05, 0.1) is 0 Å². The zero-order valence-corrected chi connectivity index (χ0v) is 13.1. The van der Waals surface area contributed by atoms with Crippen molar-refractivity contribution in [3.05, 3.63) is 54.1 Å². The average molecular weight is 271 g/mol. The second-order valence-corrected chi connectivity index (χ2v) is 9.99. The van der Waals surface area contributed by atoms with E-state index in [2.05, 4.69) is 25.7 Å². The van der Waals surface area contributed by atoms with Crippen LogP contribution in [0.2, 0.25) is 19.6 Å². The van der Waals surface area contributed by atoms with Crippen molar-refractivity contribution < 1.29 is 4.43 Å². The van der Waals surface area contributed by atoms with Crippen LogP contribution in [0.4, 0.5) is 0 Å². The number of hydrogen-bond donors (Lipinski definition) is 0. The SMILES string of the molecule is C[C@@](C#N)(/C=C/C=C/c1ccccc1)O[Si](C)(C)C. The molecule has 0 aliphatic carbocycles. The van der Waals surface area contributed by atoms with E-state index in [1.807, 2.05) is 54.6 Å². The molecule has 0 heterocycles. The summed E-state index contributed by atoms with van der Waals surface area (Å²) >= 11 is 0. The molecule has 0 saturated heterocycles. The van der Waals surface area contributed by atoms with Crippen LogP contribution in [0.3, 0.4) is 0 Å². The highest BCUT2D eigenvalue weighted by Gasteiger charge is 2.28. The van der Waals surface area contributed by atoms with E-state index in [9.17, 15) is 5.26 Å². The van der Waals surface area contributed by atoms with Crippen LogP contribution in [-0.2, 0) is 4.43 Å². The fraction of sp³-hybridized carbons (Fsp3) is 0.312. The van der Waals surface area contributed by atoms with Gasteiger partial charge < -0.3 is 4.43 Å². The summed E-state index contributed by atoms with van der Waals surface area (Å²) < 4.78 is 5.88. The maximum absolute atomic E-state index is 9.24. The molecule has 0 spiro atoms. The quantitative estimate of drug-likeness (QED) is 0.588. The van der Waals surface area contributed by atoms with Gasteiger partial charge in [0.2, 0.25) is 0 Å². The Kier molecular flexibility index (Phi) is 5.28. The molecule has 0 amide bonds. The van der Waals surface area contributed by atoms with Crippen LogP contribution in [0.15, 0.2) is 48.6 Å². The van der Waals surface area contributed by atoms with E-state index in [0.717, 1.165) is 5.56 Å². The van der Waals surface area contributed by atoms with E-state index >= 15 is 0 Å². The van der Waals surface area contributed by atoms with Crippen LogP contribution in [0.25, 0.3) is 6.08 Å². The number of hydrogen-bond acceptors (Lipinski definition) is 2. The molecule has 3 heteroatoms. The first kappa shape index (κ1) is 15.4. The van der Waals surface area contributed by atoms with E-state index in [4.69, 9.17) is 4.43 Å². The predicted molar refractivity (Wildman–Crippen MR) is 83.1 cm³/mol. The van der Waals surface area contributed by atoms with Gasteiger partial charge in [-0.2, -0.15) is 5.26 Å². The molecule has 0 unspecified atom stereocenters. The molecule has 19 heavy (non-hydrogen) atoms. The Morgan fingerprint density at radius 2 is 1.79 bits per heavy atom. The van der Waals surface area contributed by atoms with Crippen LogP contribution in [0, 0.1) is 11.3 Å². The van der Waals surface area contributed by atoms with Crippen molar-refractivity contribution in [3.63, 3.8) is 0 Å². The highest BCUT2D eigenvalue weighted by molar-refractivity contribution is 6.69. The first-order valence-electron chi connectivity index (χ1n) is 6.37. The van der Waals surface area contributed by atoms with Gasteiger partial charge in [-0.1, -0.05) is 48.6 Å². The zero-order valence-electron chi connectivity index (χ0n) is 12.1. The lowest BCUT2D eigenvalue weighted by Crippen LogP contribution is -2.38. The Morgan fingerprint density at radius 3 is 2.32 bits per heavy atom. The monoisotopic (exact) mass is 271 g/mol. The van der Waals surface area contributed by atoms with Crippen LogP contribution >= 0.6 is 0 Å². The molecule has 0 aromatic heterocycles. The Labute approximate surface area is 117 Å². The number of nitrogens with zero attached hydrogens (tertiary/aromatic N) is 1. The minimum atomic E-state index is -1.74. The summed E-state index contributed by atoms with van der Waals surface area (Å²) in [6.07, 6.45) is 7.61. The Bertz CT molecular complexity index is 494. The summed E-state index contributed by atoms with van der Waals surface area (Å²) in [5.74, 6) is 0. The van der Waals surface area contributed by atoms with Crippen LogP contribution in [0.1, 0.15) is 12.5 Å². The van der Waals surface area contributed by atoms with Crippen molar-refractivity contribution in [1.29, 1.82) is 5.26 Å². The summed E-state index contributed by atoms with van der Waals surface area (Å²) in [5.41, 5.74) is 0.294. The third-order valence-corrected chi connectivity index (χ3v) is 3.39. The molecular formula is C16H21NOSi. The first-order chi connectivity index (χ1) is 8.85. The van der Waals surface area contributed by atoms with Crippen molar-refractivity contribution in [2.75, 3.05) is 0 Å². The molecule has 1 aromatic rings. The molecule has 1 rings (SSSR count). The summed E-state index contributed by atoms with van der Waals surface area (Å²) in [6.45, 7) is 8.04. The molecule has 0 N–H and O–H groups in total. The number of allylic oxidation sites excluding steroid dienone is 2. The van der Waals surface area contributed by atoms with Gasteiger partial charge in [0.25, 0.3) is 0 Å². The predicted octanol–water partition coefficient (Wildman–Crippen LogP) is 4.39. The molecule has 0 saturated carbocycles. The number of rotatable bonds is 5. The maximum atomic E-state index is 9.24. The normalized spacial score (nSPS) is 15.5. The fourth-order valence-electron chi connectivity index (χ4n) is 1.70. The molecule has 0 bridgehead atoms. The van der Waals surface area contributed by atoms with Gasteiger partial charge in [-0.25, -0.2) is 0 Å². The second kappa shape index (κ2) is 6.51. The lowest BCUT2D eigenvalue weighted by Gasteiger charge is -2.27. The summed E-state index contributed by atoms with van der Waals surface area (Å²) in [6, 6.07) is 12.3. The summed E-state index contributed by atoms with van der Waals surface area (Å²) in [4.78, 5) is 0. The molecule has 0 fully saturated rings. The number of nitriles is 1. The minimum Gasteiger partial charge on any atom is -0.397 e. The van der Waals surface area contributed by atoms with Crippen LogP contribution < -0.4 is 0 Å². The van der Waals surface area contributed by atoms with Crippen molar-refractivity contribution >= 4 is 14.4 Å². The van der Waals surface area contributed by atoms with Gasteiger partial charge in [0.15, 0.2) is 13.9 Å². The Morgan fingerprint density at radius 1 is 1.16 bits per heavy atom. The van der Waals surface area contributed by atoms with Crippen molar-refractivity contribution in [3.8, 4) is 6.07 Å². The van der Waals surface area contributed by atoms with Gasteiger partial charge in [-0.05, 0) is 38.2 Å². The van der Waals surface area contributed by atoms with Gasteiger partial charge in [-0.15, -0.1) is 0 Å². The Balaban J connectivity index is 2.69. The largest absolute Gasteiger partial charge is 0.397 e. The summed E-state index contributed by atoms with van der Waals surface area (Å²) in [5, 5.41) is 9.24. The van der Waals surface area contributed by atoms with E-state index in [-0.39, 0.29) is 0 Å².